The van der Waals surface area contributed by atoms with Crippen molar-refractivity contribution in [3.05, 3.63) is 29.8 Å². The molecule has 0 saturated heterocycles. The zero-order valence-corrected chi connectivity index (χ0v) is 16.3. The third-order valence-corrected chi connectivity index (χ3v) is 5.76. The molecule has 0 aromatic heterocycles. The van der Waals surface area contributed by atoms with Crippen LogP contribution in [0.15, 0.2) is 24.3 Å². The lowest BCUT2D eigenvalue weighted by Crippen LogP contribution is -2.49. The third kappa shape index (κ3) is 5.98. The second-order valence-electron chi connectivity index (χ2n) is 7.96. The van der Waals surface area contributed by atoms with Gasteiger partial charge in [-0.15, -0.1) is 0 Å². The fraction of sp³-hybridized carbons (Fsp3) is 0.636. The van der Waals surface area contributed by atoms with E-state index in [2.05, 4.69) is 10.6 Å². The second-order valence-corrected chi connectivity index (χ2v) is 7.96. The van der Waals surface area contributed by atoms with Crippen molar-refractivity contribution in [1.82, 2.24) is 10.6 Å². The summed E-state index contributed by atoms with van der Waals surface area (Å²) in [5, 5.41) is 5.83. The number of carbonyl (C=O) groups excluding carboxylic acids is 2. The number of hydrogen-bond donors (Lipinski definition) is 2. The summed E-state index contributed by atoms with van der Waals surface area (Å²) in [5.74, 6) is 0.921. The van der Waals surface area contributed by atoms with Crippen molar-refractivity contribution in [1.29, 1.82) is 0 Å². The van der Waals surface area contributed by atoms with E-state index >= 15 is 0 Å². The largest absolute Gasteiger partial charge is 0.490 e. The molecular formula is C22H32N2O3. The van der Waals surface area contributed by atoms with Crippen molar-refractivity contribution in [3.8, 4) is 5.75 Å². The van der Waals surface area contributed by atoms with Crippen LogP contribution in [-0.4, -0.2) is 24.0 Å². The molecular weight excluding hydrogens is 340 g/mol. The molecule has 148 valence electrons. The standard InChI is InChI=1S/C22H32N2O3/c1-16(25)24-21(18-7-5-6-8-18)22(26)23-15-17-11-13-20(14-12-17)27-19-9-3-2-4-10-19/h11-14,18-19,21H,2-10,15H2,1H3,(H,23,26)(H,24,25). The monoisotopic (exact) mass is 372 g/mol. The highest BCUT2D eigenvalue weighted by Crippen LogP contribution is 2.28. The van der Waals surface area contributed by atoms with Gasteiger partial charge in [-0.2, -0.15) is 0 Å². The van der Waals surface area contributed by atoms with Crippen molar-refractivity contribution >= 4 is 11.8 Å². The summed E-state index contributed by atoms with van der Waals surface area (Å²) in [5.41, 5.74) is 1.03. The molecule has 2 amide bonds. The van der Waals surface area contributed by atoms with Gasteiger partial charge in [-0.1, -0.05) is 31.4 Å². The van der Waals surface area contributed by atoms with Gasteiger partial charge in [0.25, 0.3) is 0 Å². The molecule has 5 nitrogen and oxygen atoms in total. The number of hydrogen-bond acceptors (Lipinski definition) is 3. The number of ether oxygens (including phenoxy) is 1. The first-order valence-electron chi connectivity index (χ1n) is 10.4. The van der Waals surface area contributed by atoms with Crippen LogP contribution in [0.3, 0.4) is 0 Å². The Morgan fingerprint density at radius 3 is 2.26 bits per heavy atom. The van der Waals surface area contributed by atoms with Gasteiger partial charge in [-0.3, -0.25) is 9.59 Å². The Balaban J connectivity index is 1.50. The van der Waals surface area contributed by atoms with Crippen LogP contribution >= 0.6 is 0 Å². The molecule has 0 heterocycles. The van der Waals surface area contributed by atoms with Crippen molar-refractivity contribution in [2.24, 2.45) is 5.92 Å². The smallest absolute Gasteiger partial charge is 0.243 e. The van der Waals surface area contributed by atoms with Crippen LogP contribution in [0.25, 0.3) is 0 Å². The van der Waals surface area contributed by atoms with E-state index in [-0.39, 0.29) is 17.7 Å². The first-order valence-corrected chi connectivity index (χ1v) is 10.4. The molecule has 2 aliphatic carbocycles. The minimum atomic E-state index is -0.418. The predicted molar refractivity (Wildman–Crippen MR) is 105 cm³/mol. The molecule has 27 heavy (non-hydrogen) atoms. The minimum Gasteiger partial charge on any atom is -0.490 e. The van der Waals surface area contributed by atoms with Crippen LogP contribution in [-0.2, 0) is 16.1 Å². The maximum Gasteiger partial charge on any atom is 0.243 e. The normalized spacial score (nSPS) is 19.4. The van der Waals surface area contributed by atoms with E-state index in [4.69, 9.17) is 4.74 Å². The van der Waals surface area contributed by atoms with Crippen LogP contribution in [0.4, 0.5) is 0 Å². The van der Waals surface area contributed by atoms with Crippen LogP contribution < -0.4 is 15.4 Å². The van der Waals surface area contributed by atoms with Gasteiger partial charge in [0.05, 0.1) is 6.10 Å². The molecule has 2 saturated carbocycles. The van der Waals surface area contributed by atoms with Crippen LogP contribution in [0, 0.1) is 5.92 Å². The maximum atomic E-state index is 12.6. The number of carbonyl (C=O) groups is 2. The fourth-order valence-corrected chi connectivity index (χ4v) is 4.27. The summed E-state index contributed by atoms with van der Waals surface area (Å²) < 4.78 is 6.05. The van der Waals surface area contributed by atoms with Crippen molar-refractivity contribution in [3.63, 3.8) is 0 Å². The third-order valence-electron chi connectivity index (χ3n) is 5.76. The molecule has 2 aliphatic rings. The molecule has 1 atom stereocenters. The first kappa shape index (κ1) is 19.7. The topological polar surface area (TPSA) is 67.4 Å². The average molecular weight is 373 g/mol. The Labute approximate surface area is 162 Å². The van der Waals surface area contributed by atoms with E-state index in [1.165, 1.54) is 26.2 Å². The number of benzene rings is 1. The summed E-state index contributed by atoms with van der Waals surface area (Å²) in [6, 6.07) is 7.55. The molecule has 1 aromatic carbocycles. The summed E-state index contributed by atoms with van der Waals surface area (Å²) in [6.45, 7) is 1.94. The van der Waals surface area contributed by atoms with Crippen LogP contribution in [0.2, 0.25) is 0 Å². The summed E-state index contributed by atoms with van der Waals surface area (Å²) in [4.78, 5) is 24.1. The van der Waals surface area contributed by atoms with Crippen LogP contribution in [0.5, 0.6) is 5.75 Å². The summed E-state index contributed by atoms with van der Waals surface area (Å²) in [7, 11) is 0. The number of nitrogens with one attached hydrogen (secondary N) is 2. The molecule has 0 spiro atoms. The molecule has 5 heteroatoms. The van der Waals surface area contributed by atoms with E-state index < -0.39 is 6.04 Å². The van der Waals surface area contributed by atoms with Gasteiger partial charge in [-0.05, 0) is 62.1 Å². The molecule has 3 rings (SSSR count). The van der Waals surface area contributed by atoms with Gasteiger partial charge in [0.15, 0.2) is 0 Å². The van der Waals surface area contributed by atoms with E-state index in [9.17, 15) is 9.59 Å². The van der Waals surface area contributed by atoms with Gasteiger partial charge >= 0.3 is 0 Å². The number of rotatable bonds is 7. The van der Waals surface area contributed by atoms with Crippen molar-refractivity contribution < 1.29 is 14.3 Å². The molecule has 0 bridgehead atoms. The quantitative estimate of drug-likeness (QED) is 0.767. The van der Waals surface area contributed by atoms with Gasteiger partial charge in [0.2, 0.25) is 11.8 Å². The first-order chi connectivity index (χ1) is 13.1. The molecule has 2 fully saturated rings. The Morgan fingerprint density at radius 1 is 1.00 bits per heavy atom. The Bertz CT molecular complexity index is 617. The zero-order valence-electron chi connectivity index (χ0n) is 16.3. The lowest BCUT2D eigenvalue weighted by molar-refractivity contribution is -0.129. The molecule has 0 aliphatic heterocycles. The minimum absolute atomic E-state index is 0.0837. The lowest BCUT2D eigenvalue weighted by atomic mass is 9.97. The molecule has 1 aromatic rings. The summed E-state index contributed by atoms with van der Waals surface area (Å²) >= 11 is 0. The van der Waals surface area contributed by atoms with E-state index in [0.29, 0.717) is 12.6 Å². The SMILES string of the molecule is CC(=O)NC(C(=O)NCc1ccc(OC2CCCCC2)cc1)C1CCCC1. The second kappa shape index (κ2) is 9.77. The Morgan fingerprint density at radius 2 is 1.63 bits per heavy atom. The molecule has 2 N–H and O–H groups in total. The average Bonchev–Trinajstić information content (AvgIpc) is 3.20. The van der Waals surface area contributed by atoms with Gasteiger partial charge in [-0.25, -0.2) is 0 Å². The highest BCUT2D eigenvalue weighted by molar-refractivity contribution is 5.87. The van der Waals surface area contributed by atoms with Gasteiger partial charge in [0.1, 0.15) is 11.8 Å². The van der Waals surface area contributed by atoms with Crippen molar-refractivity contribution in [2.45, 2.75) is 83.4 Å². The van der Waals surface area contributed by atoms with E-state index in [1.807, 2.05) is 24.3 Å². The lowest BCUT2D eigenvalue weighted by Gasteiger charge is -2.24. The van der Waals surface area contributed by atoms with Gasteiger partial charge in [0, 0.05) is 13.5 Å². The maximum absolute atomic E-state index is 12.6. The highest BCUT2D eigenvalue weighted by Gasteiger charge is 2.31. The predicted octanol–water partition coefficient (Wildman–Crippen LogP) is 3.71. The Kier molecular flexibility index (Phi) is 7.13. The van der Waals surface area contributed by atoms with Crippen LogP contribution in [0.1, 0.15) is 70.3 Å². The summed E-state index contributed by atoms with van der Waals surface area (Å²) in [6.07, 6.45) is 10.7. The Hall–Kier alpha value is -2.04. The van der Waals surface area contributed by atoms with E-state index in [1.54, 1.807) is 0 Å². The van der Waals surface area contributed by atoms with Crippen molar-refractivity contribution in [2.75, 3.05) is 0 Å². The highest BCUT2D eigenvalue weighted by atomic mass is 16.5. The zero-order chi connectivity index (χ0) is 19.1. The van der Waals surface area contributed by atoms with Gasteiger partial charge < -0.3 is 15.4 Å². The fourth-order valence-electron chi connectivity index (χ4n) is 4.27. The number of amides is 2. The molecule has 0 radical (unpaired) electrons. The molecule has 1 unspecified atom stereocenters. The van der Waals surface area contributed by atoms with E-state index in [0.717, 1.165) is 49.8 Å².